The lowest BCUT2D eigenvalue weighted by Gasteiger charge is -2.41. The highest BCUT2D eigenvalue weighted by Gasteiger charge is 2.47. The number of benzene rings is 1. The second-order valence-corrected chi connectivity index (χ2v) is 26.6. The van der Waals surface area contributed by atoms with E-state index < -0.39 is 28.3 Å². The molecule has 1 amide bonds. The van der Waals surface area contributed by atoms with E-state index in [1.807, 2.05) is 34.9 Å². The Bertz CT molecular complexity index is 1600. The molecular formula is C36H57N5O5Si2. The number of aromatic nitrogens is 4. The molecule has 0 unspecified atom stereocenters. The maximum atomic E-state index is 12.8. The number of hydrogen-bond donors (Lipinski definition) is 1. The zero-order valence-electron chi connectivity index (χ0n) is 31.4. The van der Waals surface area contributed by atoms with Crippen molar-refractivity contribution in [2.45, 2.75) is 129 Å². The lowest BCUT2D eigenvalue weighted by Crippen LogP contribution is -2.47. The summed E-state index contributed by atoms with van der Waals surface area (Å²) in [6.07, 6.45) is 1.72. The van der Waals surface area contributed by atoms with Crippen LogP contribution in [-0.4, -0.2) is 60.6 Å². The molecule has 4 rings (SSSR count). The summed E-state index contributed by atoms with van der Waals surface area (Å²) in [5.41, 5.74) is 2.33. The van der Waals surface area contributed by atoms with Crippen molar-refractivity contribution < 1.29 is 23.1 Å². The standard InChI is InChI=1S/C36H57N5O5Si2/c1-24-26(22-44-47(11,12)35(5,6)7)28(46-48(13,14)36(8,9)10)20-27(24)41-23-37-29-30(41)38-32(40-33(42)45-34(2,3)4)39-31(29)43-21-25-18-16-15-17-19-25/h15-19,23,26-28H,1,20-22H2,2-14H3,(H,38,39,40,42)/t26-,27-,28-/m0/s1. The first kappa shape index (κ1) is 37.7. The van der Waals surface area contributed by atoms with Gasteiger partial charge in [-0.3, -0.25) is 5.32 Å². The third kappa shape index (κ3) is 8.74. The fourth-order valence-corrected chi connectivity index (χ4v) is 7.52. The van der Waals surface area contributed by atoms with Crippen LogP contribution in [0.25, 0.3) is 11.2 Å². The van der Waals surface area contributed by atoms with Gasteiger partial charge in [0.15, 0.2) is 27.8 Å². The summed E-state index contributed by atoms with van der Waals surface area (Å²) < 4.78 is 27.7. The van der Waals surface area contributed by atoms with Crippen LogP contribution in [0, 0.1) is 5.92 Å². The average molecular weight is 696 g/mol. The molecule has 1 aliphatic carbocycles. The number of rotatable bonds is 10. The average Bonchev–Trinajstić information content (AvgIpc) is 3.48. The van der Waals surface area contributed by atoms with E-state index in [-0.39, 0.29) is 46.6 Å². The molecule has 2 heterocycles. The molecule has 2 aromatic heterocycles. The zero-order valence-corrected chi connectivity index (χ0v) is 33.4. The Labute approximate surface area is 289 Å². The number of anilines is 1. The van der Waals surface area contributed by atoms with Crippen molar-refractivity contribution in [1.29, 1.82) is 0 Å². The molecule has 1 N–H and O–H groups in total. The molecule has 1 fully saturated rings. The quantitative estimate of drug-likeness (QED) is 0.165. The molecule has 10 nitrogen and oxygen atoms in total. The summed E-state index contributed by atoms with van der Waals surface area (Å²) in [6.45, 7) is 33.6. The topological polar surface area (TPSA) is 110 Å². The first-order valence-electron chi connectivity index (χ1n) is 16.9. The van der Waals surface area contributed by atoms with Gasteiger partial charge in [-0.1, -0.05) is 78.5 Å². The molecule has 48 heavy (non-hydrogen) atoms. The lowest BCUT2D eigenvalue weighted by atomic mass is 10.0. The van der Waals surface area contributed by atoms with E-state index in [0.717, 1.165) is 11.1 Å². The molecule has 0 radical (unpaired) electrons. The molecule has 0 saturated heterocycles. The summed E-state index contributed by atoms with van der Waals surface area (Å²) in [6, 6.07) is 9.67. The van der Waals surface area contributed by atoms with Crippen LogP contribution in [0.4, 0.5) is 10.7 Å². The van der Waals surface area contributed by atoms with Gasteiger partial charge in [0, 0.05) is 12.5 Å². The smallest absolute Gasteiger partial charge is 0.414 e. The Morgan fingerprint density at radius 2 is 1.58 bits per heavy atom. The highest BCUT2D eigenvalue weighted by molar-refractivity contribution is 6.74. The van der Waals surface area contributed by atoms with Gasteiger partial charge >= 0.3 is 6.09 Å². The molecule has 1 aliphatic rings. The van der Waals surface area contributed by atoms with E-state index >= 15 is 0 Å². The second-order valence-electron chi connectivity index (χ2n) is 17.0. The van der Waals surface area contributed by atoms with Crippen LogP contribution in [0.1, 0.15) is 80.3 Å². The van der Waals surface area contributed by atoms with Crippen molar-refractivity contribution >= 4 is 39.8 Å². The van der Waals surface area contributed by atoms with Gasteiger partial charge in [-0.05, 0) is 74.6 Å². The Kier molecular flexibility index (Phi) is 10.8. The maximum Gasteiger partial charge on any atom is 0.414 e. The van der Waals surface area contributed by atoms with E-state index in [1.165, 1.54) is 0 Å². The molecular weight excluding hydrogens is 639 g/mol. The molecule has 0 aliphatic heterocycles. The van der Waals surface area contributed by atoms with Crippen LogP contribution in [-0.2, 0) is 20.2 Å². The number of fused-ring (bicyclic) bond motifs is 1. The summed E-state index contributed by atoms with van der Waals surface area (Å²) in [4.78, 5) is 26.9. The largest absolute Gasteiger partial charge is 0.471 e. The Balaban J connectivity index is 1.74. The monoisotopic (exact) mass is 695 g/mol. The van der Waals surface area contributed by atoms with E-state index in [4.69, 9.17) is 28.3 Å². The van der Waals surface area contributed by atoms with Crippen molar-refractivity contribution in [3.8, 4) is 5.88 Å². The van der Waals surface area contributed by atoms with Crippen molar-refractivity contribution in [3.63, 3.8) is 0 Å². The fraction of sp³-hybridized carbons (Fsp3) is 0.611. The first-order valence-corrected chi connectivity index (χ1v) is 22.7. The number of amides is 1. The number of imidazole rings is 1. The number of nitrogens with zero attached hydrogens (tertiary/aromatic N) is 4. The molecule has 264 valence electrons. The third-order valence-electron chi connectivity index (χ3n) is 10.0. The van der Waals surface area contributed by atoms with Gasteiger partial charge in [0.2, 0.25) is 11.8 Å². The highest BCUT2D eigenvalue weighted by atomic mass is 28.4. The summed E-state index contributed by atoms with van der Waals surface area (Å²) in [5.74, 6) is 0.326. The van der Waals surface area contributed by atoms with Crippen molar-refractivity contribution in [3.05, 3.63) is 54.4 Å². The minimum absolute atomic E-state index is 0.00861. The van der Waals surface area contributed by atoms with Crippen molar-refractivity contribution in [1.82, 2.24) is 19.5 Å². The van der Waals surface area contributed by atoms with Gasteiger partial charge in [0.05, 0.1) is 18.5 Å². The van der Waals surface area contributed by atoms with Gasteiger partial charge in [-0.15, -0.1) is 0 Å². The van der Waals surface area contributed by atoms with E-state index in [0.29, 0.717) is 24.2 Å². The molecule has 1 aromatic carbocycles. The molecule has 0 bridgehead atoms. The summed E-state index contributed by atoms with van der Waals surface area (Å²) in [7, 11) is -4.17. The van der Waals surface area contributed by atoms with E-state index in [9.17, 15) is 4.79 Å². The Hall–Kier alpha value is -3.07. The highest BCUT2D eigenvalue weighted by Crippen LogP contribution is 2.47. The summed E-state index contributed by atoms with van der Waals surface area (Å²) >= 11 is 0. The van der Waals surface area contributed by atoms with Crippen molar-refractivity contribution in [2.75, 3.05) is 11.9 Å². The van der Waals surface area contributed by atoms with Crippen LogP contribution in [0.15, 0.2) is 48.8 Å². The SMILES string of the molecule is C=C1[C@H](CO[Si](C)(C)C(C)(C)C)[C@@H](O[Si](C)(C)C(C)(C)C)C[C@@H]1n1cnc2c(OCc3ccccc3)nc(NC(=O)OC(C)(C)C)nc21. The maximum absolute atomic E-state index is 12.8. The number of carbonyl (C=O) groups is 1. The summed E-state index contributed by atoms with van der Waals surface area (Å²) in [5, 5.41) is 2.82. The third-order valence-corrected chi connectivity index (χ3v) is 19.1. The van der Waals surface area contributed by atoms with Crippen LogP contribution in [0.2, 0.25) is 36.3 Å². The van der Waals surface area contributed by atoms with Crippen LogP contribution < -0.4 is 10.1 Å². The first-order chi connectivity index (χ1) is 22.0. The van der Waals surface area contributed by atoms with E-state index in [1.54, 1.807) is 27.1 Å². The van der Waals surface area contributed by atoms with E-state index in [2.05, 4.69) is 84.6 Å². The molecule has 1 saturated carbocycles. The van der Waals surface area contributed by atoms with Crippen LogP contribution >= 0.6 is 0 Å². The normalized spacial score (nSPS) is 19.5. The molecule has 0 spiro atoms. The van der Waals surface area contributed by atoms with Gasteiger partial charge in [-0.2, -0.15) is 9.97 Å². The number of hydrogen-bond acceptors (Lipinski definition) is 8. The fourth-order valence-electron chi connectivity index (χ4n) is 5.12. The van der Waals surface area contributed by atoms with Crippen LogP contribution in [0.3, 0.4) is 0 Å². The number of carbonyl (C=O) groups excluding carboxylic acids is 1. The minimum atomic E-state index is -2.14. The second kappa shape index (κ2) is 13.7. The zero-order chi connectivity index (χ0) is 35.9. The van der Waals surface area contributed by atoms with Gasteiger partial charge in [0.1, 0.15) is 12.2 Å². The van der Waals surface area contributed by atoms with Gasteiger partial charge in [-0.25, -0.2) is 9.78 Å². The lowest BCUT2D eigenvalue weighted by molar-refractivity contribution is 0.0634. The molecule has 3 aromatic rings. The minimum Gasteiger partial charge on any atom is -0.471 e. The number of nitrogens with one attached hydrogen (secondary N) is 1. The van der Waals surface area contributed by atoms with Crippen LogP contribution in [0.5, 0.6) is 5.88 Å². The Morgan fingerprint density at radius 3 is 2.17 bits per heavy atom. The predicted octanol–water partition coefficient (Wildman–Crippen LogP) is 9.28. The molecule has 3 atom stereocenters. The molecule has 12 heteroatoms. The van der Waals surface area contributed by atoms with Gasteiger partial charge < -0.3 is 22.9 Å². The van der Waals surface area contributed by atoms with Gasteiger partial charge in [0.25, 0.3) is 0 Å². The number of ether oxygens (including phenoxy) is 2. The van der Waals surface area contributed by atoms with Crippen molar-refractivity contribution in [2.24, 2.45) is 5.92 Å². The predicted molar refractivity (Wildman–Crippen MR) is 197 cm³/mol. The Morgan fingerprint density at radius 1 is 0.958 bits per heavy atom.